The van der Waals surface area contributed by atoms with E-state index >= 15 is 0 Å². The molecule has 1 unspecified atom stereocenters. The molecule has 0 aliphatic carbocycles. The molecule has 78 valence electrons. The van der Waals surface area contributed by atoms with Crippen molar-refractivity contribution in [1.29, 1.82) is 0 Å². The molecule has 0 bridgehead atoms. The van der Waals surface area contributed by atoms with Gasteiger partial charge in [-0.2, -0.15) is 0 Å². The van der Waals surface area contributed by atoms with Crippen molar-refractivity contribution in [2.45, 2.75) is 30.7 Å². The molecule has 2 nitrogen and oxygen atoms in total. The number of rotatable bonds is 6. The summed E-state index contributed by atoms with van der Waals surface area (Å²) in [7, 11) is 2.04. The SMILES string of the molecule is CCCC(CSc1ccncc1)NC. The molecular formula is C11H18N2S. The Morgan fingerprint density at radius 2 is 2.14 bits per heavy atom. The van der Waals surface area contributed by atoms with Crippen molar-refractivity contribution in [1.82, 2.24) is 10.3 Å². The predicted octanol–water partition coefficient (Wildman–Crippen LogP) is 2.56. The summed E-state index contributed by atoms with van der Waals surface area (Å²) in [6, 6.07) is 4.74. The first-order valence-corrected chi connectivity index (χ1v) is 6.05. The van der Waals surface area contributed by atoms with Crippen LogP contribution in [0, 0.1) is 0 Å². The van der Waals surface area contributed by atoms with Gasteiger partial charge in [0.15, 0.2) is 0 Å². The average molecular weight is 210 g/mol. The van der Waals surface area contributed by atoms with Crippen LogP contribution in [0.1, 0.15) is 19.8 Å². The van der Waals surface area contributed by atoms with Crippen molar-refractivity contribution < 1.29 is 0 Å². The van der Waals surface area contributed by atoms with Crippen molar-refractivity contribution in [3.63, 3.8) is 0 Å². The van der Waals surface area contributed by atoms with Gasteiger partial charge in [-0.25, -0.2) is 0 Å². The molecule has 0 aliphatic heterocycles. The molecule has 1 aromatic rings. The summed E-state index contributed by atoms with van der Waals surface area (Å²) in [5.41, 5.74) is 0. The van der Waals surface area contributed by atoms with E-state index in [4.69, 9.17) is 0 Å². The van der Waals surface area contributed by atoms with Gasteiger partial charge in [-0.15, -0.1) is 11.8 Å². The number of nitrogens with zero attached hydrogens (tertiary/aromatic N) is 1. The molecule has 1 aromatic heterocycles. The highest BCUT2D eigenvalue weighted by molar-refractivity contribution is 7.99. The Kier molecular flexibility index (Phi) is 5.64. The van der Waals surface area contributed by atoms with Crippen molar-refractivity contribution in [2.24, 2.45) is 0 Å². The second-order valence-electron chi connectivity index (χ2n) is 3.27. The van der Waals surface area contributed by atoms with Gasteiger partial charge in [-0.1, -0.05) is 13.3 Å². The molecule has 0 aromatic carbocycles. The van der Waals surface area contributed by atoms with Crippen LogP contribution >= 0.6 is 11.8 Å². The van der Waals surface area contributed by atoms with E-state index in [9.17, 15) is 0 Å². The van der Waals surface area contributed by atoms with E-state index in [2.05, 4.69) is 29.4 Å². The molecule has 0 aliphatic rings. The van der Waals surface area contributed by atoms with Gasteiger partial charge in [0.05, 0.1) is 0 Å². The van der Waals surface area contributed by atoms with Crippen LogP contribution in [0.3, 0.4) is 0 Å². The molecule has 0 saturated heterocycles. The standard InChI is InChI=1S/C11H18N2S/c1-3-4-10(12-2)9-14-11-5-7-13-8-6-11/h5-8,10,12H,3-4,9H2,1-2H3. The van der Waals surface area contributed by atoms with Crippen LogP contribution in [-0.2, 0) is 0 Å². The topological polar surface area (TPSA) is 24.9 Å². The van der Waals surface area contributed by atoms with Gasteiger partial charge in [-0.3, -0.25) is 4.98 Å². The second-order valence-corrected chi connectivity index (χ2v) is 4.36. The zero-order chi connectivity index (χ0) is 10.2. The Labute approximate surface area is 90.5 Å². The molecule has 14 heavy (non-hydrogen) atoms. The van der Waals surface area contributed by atoms with Crippen molar-refractivity contribution in [2.75, 3.05) is 12.8 Å². The Morgan fingerprint density at radius 1 is 1.43 bits per heavy atom. The molecule has 0 saturated carbocycles. The maximum atomic E-state index is 4.00. The predicted molar refractivity (Wildman–Crippen MR) is 62.7 cm³/mol. The van der Waals surface area contributed by atoms with Crippen LogP contribution in [0.15, 0.2) is 29.4 Å². The van der Waals surface area contributed by atoms with Crippen LogP contribution < -0.4 is 5.32 Å². The number of pyridine rings is 1. The zero-order valence-electron chi connectivity index (χ0n) is 8.86. The highest BCUT2D eigenvalue weighted by Gasteiger charge is 2.04. The monoisotopic (exact) mass is 210 g/mol. The Bertz CT molecular complexity index is 238. The quantitative estimate of drug-likeness (QED) is 0.730. The van der Waals surface area contributed by atoms with Crippen LogP contribution in [0.4, 0.5) is 0 Å². The maximum Gasteiger partial charge on any atom is 0.0278 e. The van der Waals surface area contributed by atoms with E-state index in [0.717, 1.165) is 5.75 Å². The second kappa shape index (κ2) is 6.85. The molecule has 3 heteroatoms. The summed E-state index contributed by atoms with van der Waals surface area (Å²) >= 11 is 1.89. The van der Waals surface area contributed by atoms with E-state index in [1.165, 1.54) is 17.7 Å². The van der Waals surface area contributed by atoms with Crippen molar-refractivity contribution >= 4 is 11.8 Å². The van der Waals surface area contributed by atoms with Gasteiger partial charge >= 0.3 is 0 Å². The third-order valence-electron chi connectivity index (χ3n) is 2.15. The Hall–Kier alpha value is -0.540. The fraction of sp³-hybridized carbons (Fsp3) is 0.545. The first-order chi connectivity index (χ1) is 6.86. The third kappa shape index (κ3) is 4.11. The molecule has 1 heterocycles. The lowest BCUT2D eigenvalue weighted by atomic mass is 10.2. The lowest BCUT2D eigenvalue weighted by Crippen LogP contribution is -2.27. The fourth-order valence-corrected chi connectivity index (χ4v) is 2.33. The fourth-order valence-electron chi connectivity index (χ4n) is 1.29. The number of nitrogens with one attached hydrogen (secondary N) is 1. The molecule has 1 rings (SSSR count). The number of thioether (sulfide) groups is 1. The summed E-state index contributed by atoms with van der Waals surface area (Å²) in [4.78, 5) is 5.30. The number of hydrogen-bond acceptors (Lipinski definition) is 3. The van der Waals surface area contributed by atoms with Crippen LogP contribution in [0.5, 0.6) is 0 Å². The minimum absolute atomic E-state index is 0.623. The number of hydrogen-bond donors (Lipinski definition) is 1. The first kappa shape index (κ1) is 11.5. The largest absolute Gasteiger partial charge is 0.316 e. The zero-order valence-corrected chi connectivity index (χ0v) is 9.68. The first-order valence-electron chi connectivity index (χ1n) is 5.07. The Balaban J connectivity index is 2.32. The van der Waals surface area contributed by atoms with Crippen LogP contribution in [0.2, 0.25) is 0 Å². The van der Waals surface area contributed by atoms with Crippen LogP contribution in [0.25, 0.3) is 0 Å². The number of aromatic nitrogens is 1. The minimum Gasteiger partial charge on any atom is -0.316 e. The lowest BCUT2D eigenvalue weighted by Gasteiger charge is -2.14. The summed E-state index contributed by atoms with van der Waals surface area (Å²) in [6.07, 6.45) is 6.17. The van der Waals surface area contributed by atoms with E-state index in [1.807, 2.05) is 31.2 Å². The van der Waals surface area contributed by atoms with Gasteiger partial charge < -0.3 is 5.32 Å². The summed E-state index contributed by atoms with van der Waals surface area (Å²) in [6.45, 7) is 2.22. The molecule has 1 N–H and O–H groups in total. The van der Waals surface area contributed by atoms with E-state index in [0.29, 0.717) is 6.04 Å². The molecule has 1 atom stereocenters. The molecule has 0 radical (unpaired) electrons. The van der Waals surface area contributed by atoms with Gasteiger partial charge in [0.25, 0.3) is 0 Å². The minimum atomic E-state index is 0.623. The molecular weight excluding hydrogens is 192 g/mol. The summed E-state index contributed by atoms with van der Waals surface area (Å²) in [5.74, 6) is 1.13. The average Bonchev–Trinajstić information content (AvgIpc) is 2.25. The summed E-state index contributed by atoms with van der Waals surface area (Å²) < 4.78 is 0. The third-order valence-corrected chi connectivity index (χ3v) is 3.32. The van der Waals surface area contributed by atoms with E-state index < -0.39 is 0 Å². The maximum absolute atomic E-state index is 4.00. The van der Waals surface area contributed by atoms with Gasteiger partial charge in [-0.05, 0) is 25.6 Å². The highest BCUT2D eigenvalue weighted by Crippen LogP contribution is 2.18. The van der Waals surface area contributed by atoms with Gasteiger partial charge in [0, 0.05) is 29.1 Å². The molecule has 0 spiro atoms. The van der Waals surface area contributed by atoms with Crippen molar-refractivity contribution in [3.8, 4) is 0 Å². The van der Waals surface area contributed by atoms with Crippen LogP contribution in [-0.4, -0.2) is 23.8 Å². The summed E-state index contributed by atoms with van der Waals surface area (Å²) in [5, 5.41) is 3.34. The highest BCUT2D eigenvalue weighted by atomic mass is 32.2. The smallest absolute Gasteiger partial charge is 0.0278 e. The Morgan fingerprint density at radius 3 is 2.71 bits per heavy atom. The molecule has 0 amide bonds. The lowest BCUT2D eigenvalue weighted by molar-refractivity contribution is 0.564. The van der Waals surface area contributed by atoms with Gasteiger partial charge in [0.1, 0.15) is 0 Å². The van der Waals surface area contributed by atoms with Crippen molar-refractivity contribution in [3.05, 3.63) is 24.5 Å². The molecule has 0 fully saturated rings. The van der Waals surface area contributed by atoms with E-state index in [1.54, 1.807) is 0 Å². The normalized spacial score (nSPS) is 12.7. The van der Waals surface area contributed by atoms with E-state index in [-0.39, 0.29) is 0 Å². The van der Waals surface area contributed by atoms with Gasteiger partial charge in [0.2, 0.25) is 0 Å².